The minimum absolute atomic E-state index is 0.112. The number of hydrogen-bond acceptors (Lipinski definition) is 4. The lowest BCUT2D eigenvalue weighted by molar-refractivity contribution is -0.0280. The SMILES string of the molecule is O=C(O)c1[nH]c(=O)[nH]c1CN1CCC(O)(c2ccc(Cl)cc2)CC1. The summed E-state index contributed by atoms with van der Waals surface area (Å²) in [6, 6.07) is 7.16. The van der Waals surface area contributed by atoms with Gasteiger partial charge in [-0.2, -0.15) is 0 Å². The van der Waals surface area contributed by atoms with E-state index in [-0.39, 0.29) is 5.69 Å². The van der Waals surface area contributed by atoms with Gasteiger partial charge in [-0.15, -0.1) is 0 Å². The molecule has 0 saturated carbocycles. The molecule has 7 nitrogen and oxygen atoms in total. The Balaban J connectivity index is 1.68. The third kappa shape index (κ3) is 3.38. The Morgan fingerprint density at radius 2 is 1.83 bits per heavy atom. The molecule has 8 heteroatoms. The van der Waals surface area contributed by atoms with Crippen LogP contribution in [0.2, 0.25) is 5.02 Å². The number of aromatic amines is 2. The summed E-state index contributed by atoms with van der Waals surface area (Å²) >= 11 is 5.88. The number of H-pyrrole nitrogens is 2. The highest BCUT2D eigenvalue weighted by Gasteiger charge is 2.34. The maximum atomic E-state index is 11.3. The van der Waals surface area contributed by atoms with Gasteiger partial charge < -0.3 is 15.2 Å². The van der Waals surface area contributed by atoms with Crippen LogP contribution in [0.25, 0.3) is 0 Å². The third-order valence-electron chi connectivity index (χ3n) is 4.47. The number of aromatic carboxylic acids is 1. The summed E-state index contributed by atoms with van der Waals surface area (Å²) in [5.74, 6) is -1.17. The Kier molecular flexibility index (Phi) is 4.49. The lowest BCUT2D eigenvalue weighted by atomic mass is 9.84. The number of benzene rings is 1. The van der Waals surface area contributed by atoms with E-state index < -0.39 is 17.3 Å². The van der Waals surface area contributed by atoms with E-state index in [1.165, 1.54) is 0 Å². The number of nitrogens with one attached hydrogen (secondary N) is 2. The number of aromatic nitrogens is 2. The largest absolute Gasteiger partial charge is 0.477 e. The molecule has 4 N–H and O–H groups in total. The Labute approximate surface area is 142 Å². The number of carboxylic acid groups (broad SMARTS) is 1. The van der Waals surface area contributed by atoms with Gasteiger partial charge in [0.25, 0.3) is 0 Å². The number of piperidine rings is 1. The lowest BCUT2D eigenvalue weighted by Gasteiger charge is -2.38. The number of aliphatic hydroxyl groups is 1. The molecule has 1 aliphatic heterocycles. The summed E-state index contributed by atoms with van der Waals surface area (Å²) < 4.78 is 0. The van der Waals surface area contributed by atoms with Crippen LogP contribution in [-0.4, -0.2) is 44.1 Å². The molecule has 128 valence electrons. The van der Waals surface area contributed by atoms with Crippen molar-refractivity contribution in [1.82, 2.24) is 14.9 Å². The molecule has 0 bridgehead atoms. The summed E-state index contributed by atoms with van der Waals surface area (Å²) in [6.45, 7) is 1.49. The zero-order valence-electron chi connectivity index (χ0n) is 12.9. The fourth-order valence-corrected chi connectivity index (χ4v) is 3.20. The van der Waals surface area contributed by atoms with Gasteiger partial charge in [0, 0.05) is 24.7 Å². The summed E-state index contributed by atoms with van der Waals surface area (Å²) in [5, 5.41) is 20.6. The number of hydrogen-bond donors (Lipinski definition) is 4. The van der Waals surface area contributed by atoms with Gasteiger partial charge in [0.1, 0.15) is 5.69 Å². The van der Waals surface area contributed by atoms with E-state index in [2.05, 4.69) is 9.97 Å². The second kappa shape index (κ2) is 6.43. The molecule has 3 rings (SSSR count). The molecule has 0 atom stereocenters. The molecule has 2 heterocycles. The summed E-state index contributed by atoms with van der Waals surface area (Å²) in [6.07, 6.45) is 1.04. The van der Waals surface area contributed by atoms with Crippen LogP contribution in [0.4, 0.5) is 0 Å². The number of imidazole rings is 1. The Bertz CT molecular complexity index is 788. The van der Waals surface area contributed by atoms with Gasteiger partial charge in [-0.1, -0.05) is 23.7 Å². The van der Waals surface area contributed by atoms with E-state index in [4.69, 9.17) is 16.7 Å². The van der Waals surface area contributed by atoms with Crippen molar-refractivity contribution in [3.63, 3.8) is 0 Å². The van der Waals surface area contributed by atoms with Gasteiger partial charge in [0.15, 0.2) is 0 Å². The number of halogens is 1. The Morgan fingerprint density at radius 3 is 2.42 bits per heavy atom. The first-order chi connectivity index (χ1) is 11.4. The van der Waals surface area contributed by atoms with E-state index >= 15 is 0 Å². The topological polar surface area (TPSA) is 109 Å². The molecular weight excluding hydrogens is 334 g/mol. The van der Waals surface area contributed by atoms with Crippen molar-refractivity contribution >= 4 is 17.6 Å². The number of likely N-dealkylation sites (tertiary alicyclic amines) is 1. The first kappa shape index (κ1) is 16.8. The summed E-state index contributed by atoms with van der Waals surface area (Å²) in [7, 11) is 0. The van der Waals surface area contributed by atoms with Crippen molar-refractivity contribution < 1.29 is 15.0 Å². The average molecular weight is 352 g/mol. The van der Waals surface area contributed by atoms with Crippen molar-refractivity contribution in [1.29, 1.82) is 0 Å². The summed E-state index contributed by atoms with van der Waals surface area (Å²) in [4.78, 5) is 29.3. The normalized spacial score (nSPS) is 17.8. The monoisotopic (exact) mass is 351 g/mol. The fourth-order valence-electron chi connectivity index (χ4n) is 3.07. The Morgan fingerprint density at radius 1 is 1.21 bits per heavy atom. The Hall–Kier alpha value is -2.09. The molecule has 0 aliphatic carbocycles. The van der Waals surface area contributed by atoms with Gasteiger partial charge in [-0.3, -0.25) is 9.88 Å². The number of carbonyl (C=O) groups is 1. The average Bonchev–Trinajstić information content (AvgIpc) is 2.91. The zero-order valence-corrected chi connectivity index (χ0v) is 13.6. The van der Waals surface area contributed by atoms with Gasteiger partial charge in [-0.25, -0.2) is 9.59 Å². The second-order valence-electron chi connectivity index (χ2n) is 6.05. The van der Waals surface area contributed by atoms with Crippen LogP contribution < -0.4 is 5.69 Å². The first-order valence-corrected chi connectivity index (χ1v) is 8.00. The number of rotatable bonds is 4. The van der Waals surface area contributed by atoms with Crippen molar-refractivity contribution in [3.8, 4) is 0 Å². The van der Waals surface area contributed by atoms with Gasteiger partial charge in [0.05, 0.1) is 11.3 Å². The molecular formula is C16H18ClN3O4. The highest BCUT2D eigenvalue weighted by Crippen LogP contribution is 2.33. The van der Waals surface area contributed by atoms with Crippen LogP contribution in [0.1, 0.15) is 34.6 Å². The van der Waals surface area contributed by atoms with E-state index in [1.54, 1.807) is 12.1 Å². The lowest BCUT2D eigenvalue weighted by Crippen LogP contribution is -2.42. The molecule has 0 amide bonds. The predicted octanol–water partition coefficient (Wildman–Crippen LogP) is 1.54. The van der Waals surface area contributed by atoms with Crippen LogP contribution in [0.3, 0.4) is 0 Å². The van der Waals surface area contributed by atoms with Gasteiger partial charge in [-0.05, 0) is 30.5 Å². The maximum absolute atomic E-state index is 11.3. The van der Waals surface area contributed by atoms with Crippen molar-refractivity contribution in [2.45, 2.75) is 25.0 Å². The molecule has 2 aromatic rings. The van der Waals surface area contributed by atoms with Crippen molar-refractivity contribution in [3.05, 3.63) is 56.7 Å². The standard InChI is InChI=1S/C16H18ClN3O4/c17-11-3-1-10(2-4-11)16(24)5-7-20(8-6-16)9-12-13(14(21)22)19-15(23)18-12/h1-4,24H,5-9H2,(H,21,22)(H2,18,19,23). The van der Waals surface area contributed by atoms with Crippen molar-refractivity contribution in [2.75, 3.05) is 13.1 Å². The number of nitrogens with zero attached hydrogens (tertiary/aromatic N) is 1. The van der Waals surface area contributed by atoms with E-state index in [0.29, 0.717) is 43.2 Å². The molecule has 1 saturated heterocycles. The fraction of sp³-hybridized carbons (Fsp3) is 0.375. The molecule has 1 aromatic heterocycles. The minimum Gasteiger partial charge on any atom is -0.477 e. The van der Waals surface area contributed by atoms with Crippen LogP contribution in [-0.2, 0) is 12.1 Å². The van der Waals surface area contributed by atoms with Crippen LogP contribution >= 0.6 is 11.6 Å². The van der Waals surface area contributed by atoms with E-state index in [9.17, 15) is 14.7 Å². The van der Waals surface area contributed by atoms with Crippen LogP contribution in [0.15, 0.2) is 29.1 Å². The maximum Gasteiger partial charge on any atom is 0.354 e. The molecule has 0 radical (unpaired) electrons. The van der Waals surface area contributed by atoms with Crippen LogP contribution in [0, 0.1) is 0 Å². The highest BCUT2D eigenvalue weighted by atomic mass is 35.5. The molecule has 0 spiro atoms. The minimum atomic E-state index is -1.17. The molecule has 1 fully saturated rings. The molecule has 24 heavy (non-hydrogen) atoms. The molecule has 0 unspecified atom stereocenters. The predicted molar refractivity (Wildman–Crippen MR) is 88.2 cm³/mol. The second-order valence-corrected chi connectivity index (χ2v) is 6.49. The smallest absolute Gasteiger partial charge is 0.354 e. The van der Waals surface area contributed by atoms with Gasteiger partial charge >= 0.3 is 11.7 Å². The molecule has 1 aliphatic rings. The quantitative estimate of drug-likeness (QED) is 0.668. The molecule has 1 aromatic carbocycles. The highest BCUT2D eigenvalue weighted by molar-refractivity contribution is 6.30. The first-order valence-electron chi connectivity index (χ1n) is 7.63. The number of carboxylic acids is 1. The zero-order chi connectivity index (χ0) is 17.3. The van der Waals surface area contributed by atoms with E-state index in [1.807, 2.05) is 17.0 Å². The third-order valence-corrected chi connectivity index (χ3v) is 4.72. The summed E-state index contributed by atoms with van der Waals surface area (Å²) in [5.41, 5.74) is -0.379. The van der Waals surface area contributed by atoms with Crippen molar-refractivity contribution in [2.24, 2.45) is 0 Å². The van der Waals surface area contributed by atoms with Crippen LogP contribution in [0.5, 0.6) is 0 Å². The van der Waals surface area contributed by atoms with Gasteiger partial charge in [0.2, 0.25) is 0 Å². The van der Waals surface area contributed by atoms with E-state index in [0.717, 1.165) is 5.56 Å².